The summed E-state index contributed by atoms with van der Waals surface area (Å²) in [6.45, 7) is 5.96. The van der Waals surface area contributed by atoms with Crippen LogP contribution < -0.4 is 5.32 Å². The van der Waals surface area contributed by atoms with Crippen LogP contribution in [-0.2, 0) is 45.4 Å². The fourth-order valence-electron chi connectivity index (χ4n) is 9.20. The average Bonchev–Trinajstić information content (AvgIpc) is 3.85. The van der Waals surface area contributed by atoms with Gasteiger partial charge < -0.3 is 39.2 Å². The fraction of sp³-hybridized carbons (Fsp3) is 0.380. The molecule has 2 atom stereocenters. The third-order valence-electron chi connectivity index (χ3n) is 12.9. The number of piperidine rings is 2. The second kappa shape index (κ2) is 18.3. The van der Waals surface area contributed by atoms with E-state index < -0.39 is 9.84 Å². The van der Waals surface area contributed by atoms with Crippen LogP contribution in [0.5, 0.6) is 0 Å². The molecule has 6 heterocycles. The number of aromatic amines is 1. The van der Waals surface area contributed by atoms with Crippen LogP contribution in [0.2, 0.25) is 0 Å². The molecule has 0 saturated carbocycles. The summed E-state index contributed by atoms with van der Waals surface area (Å²) >= 11 is 0. The number of H-pyrrole nitrogens is 1. The van der Waals surface area contributed by atoms with Crippen LogP contribution in [0, 0.1) is 0 Å². The van der Waals surface area contributed by atoms with Crippen LogP contribution in [-0.4, -0.2) is 96.6 Å². The minimum Gasteiger partial charge on any atom is -0.392 e. The molecule has 2 unspecified atom stereocenters. The summed E-state index contributed by atoms with van der Waals surface area (Å²) in [4.78, 5) is 13.7. The van der Waals surface area contributed by atoms with Crippen molar-refractivity contribution in [3.05, 3.63) is 149 Å². The summed E-state index contributed by atoms with van der Waals surface area (Å²) in [5.74, 6) is 1.00. The van der Waals surface area contributed by atoms with Crippen molar-refractivity contribution < 1.29 is 23.0 Å². The number of aryl methyl sites for hydroxylation is 2. The van der Waals surface area contributed by atoms with Crippen molar-refractivity contribution in [1.29, 1.82) is 0 Å². The Labute approximate surface area is 365 Å². The predicted octanol–water partition coefficient (Wildman–Crippen LogP) is 8.01. The molecule has 3 N–H and O–H groups in total. The van der Waals surface area contributed by atoms with Gasteiger partial charge in [-0.25, -0.2) is 13.4 Å². The van der Waals surface area contributed by atoms with Gasteiger partial charge in [-0.05, 0) is 97.8 Å². The van der Waals surface area contributed by atoms with Crippen molar-refractivity contribution in [3.8, 4) is 22.5 Å². The molecule has 4 aliphatic rings. The average molecular weight is 855 g/mol. The number of aliphatic hydroxyl groups excluding tert-OH is 1. The van der Waals surface area contributed by atoms with Crippen LogP contribution >= 0.6 is 0 Å². The quantitative estimate of drug-likeness (QED) is 0.140. The van der Waals surface area contributed by atoms with E-state index in [1.807, 2.05) is 36.4 Å². The summed E-state index contributed by atoms with van der Waals surface area (Å²) in [5, 5.41) is 12.9. The van der Waals surface area contributed by atoms with Gasteiger partial charge in [0.05, 0.1) is 40.8 Å². The second-order valence-electron chi connectivity index (χ2n) is 17.4. The minimum atomic E-state index is -3.22. The van der Waals surface area contributed by atoms with Crippen LogP contribution in [0.3, 0.4) is 0 Å². The summed E-state index contributed by atoms with van der Waals surface area (Å²) in [6.07, 6.45) is 8.70. The van der Waals surface area contributed by atoms with Crippen molar-refractivity contribution in [2.45, 2.75) is 81.1 Å². The molecule has 11 nitrogen and oxygen atoms in total. The molecule has 6 aromatic rings. The number of rotatable bonds is 8. The van der Waals surface area contributed by atoms with E-state index in [0.29, 0.717) is 4.90 Å². The monoisotopic (exact) mass is 854 g/mol. The van der Waals surface area contributed by atoms with E-state index >= 15 is 0 Å². The van der Waals surface area contributed by atoms with Crippen molar-refractivity contribution in [2.24, 2.45) is 0 Å². The molecule has 62 heavy (non-hydrogen) atoms. The highest BCUT2D eigenvalue weighted by atomic mass is 32.2. The second-order valence-corrected chi connectivity index (χ2v) is 19.4. The van der Waals surface area contributed by atoms with Gasteiger partial charge in [-0.2, -0.15) is 0 Å². The van der Waals surface area contributed by atoms with E-state index in [2.05, 4.69) is 99.6 Å². The lowest BCUT2D eigenvalue weighted by Gasteiger charge is -2.32. The number of imidazole rings is 1. The molecule has 0 aliphatic carbocycles. The van der Waals surface area contributed by atoms with Crippen molar-refractivity contribution in [2.75, 3.05) is 51.8 Å². The van der Waals surface area contributed by atoms with Gasteiger partial charge in [0.2, 0.25) is 0 Å². The van der Waals surface area contributed by atoms with Gasteiger partial charge in [-0.1, -0.05) is 84.9 Å². The van der Waals surface area contributed by atoms with Gasteiger partial charge in [0.25, 0.3) is 0 Å². The fourth-order valence-corrected chi connectivity index (χ4v) is 9.83. The molecular formula is C50H58N6O5S. The summed E-state index contributed by atoms with van der Waals surface area (Å²) < 4.78 is 39.4. The Bertz CT molecular complexity index is 2570. The molecule has 0 radical (unpaired) electrons. The molecule has 2 aromatic heterocycles. The first-order valence-electron chi connectivity index (χ1n) is 22.0. The number of likely N-dealkylation sites (tertiary alicyclic amines) is 2. The van der Waals surface area contributed by atoms with Crippen LogP contribution in [0.25, 0.3) is 22.5 Å². The zero-order valence-electron chi connectivity index (χ0n) is 36.0. The minimum absolute atomic E-state index is 0.0588. The molecule has 0 spiro atoms. The lowest BCUT2D eigenvalue weighted by molar-refractivity contribution is -0.0275. The molecule has 10 rings (SSSR count). The molecule has 12 heteroatoms. The number of hydrogen-bond donors (Lipinski definition) is 3. The largest absolute Gasteiger partial charge is 0.392 e. The third kappa shape index (κ3) is 9.32. The smallest absolute Gasteiger partial charge is 0.175 e. The number of aliphatic hydroxyl groups is 1. The van der Waals surface area contributed by atoms with E-state index in [1.165, 1.54) is 28.5 Å². The Kier molecular flexibility index (Phi) is 12.5. The lowest BCUT2D eigenvalue weighted by Crippen LogP contribution is -2.35. The highest BCUT2D eigenvalue weighted by Gasteiger charge is 2.32. The van der Waals surface area contributed by atoms with Crippen LogP contribution in [0.1, 0.15) is 77.2 Å². The SMILES string of the molecule is CN1CCC(OC2c3ccccc3CCn3cc(-c4ccc(CO)cc4)nc32)CC1.CN1CCC(OC2c3ccccc3CNc3cc(-c4ccc(S(C)(=O)=O)cc4)[nH]c32)CC1. The maximum absolute atomic E-state index is 11.8. The Hall–Kier alpha value is -5.08. The van der Waals surface area contributed by atoms with Gasteiger partial charge in [0.15, 0.2) is 9.84 Å². The number of nitrogens with zero attached hydrogens (tertiary/aromatic N) is 4. The first kappa shape index (κ1) is 42.2. The topological polar surface area (TPSA) is 125 Å². The van der Waals surface area contributed by atoms with E-state index in [-0.39, 0.29) is 31.0 Å². The van der Waals surface area contributed by atoms with E-state index in [9.17, 15) is 13.5 Å². The molecule has 2 saturated heterocycles. The summed E-state index contributed by atoms with van der Waals surface area (Å²) in [5.41, 5.74) is 11.9. The van der Waals surface area contributed by atoms with Crippen molar-refractivity contribution in [3.63, 3.8) is 0 Å². The number of anilines is 1. The van der Waals surface area contributed by atoms with Crippen molar-refractivity contribution >= 4 is 15.5 Å². The Morgan fingerprint density at radius 2 is 1.31 bits per heavy atom. The lowest BCUT2D eigenvalue weighted by atomic mass is 10.00. The number of hydrogen-bond acceptors (Lipinski definition) is 9. The molecule has 2 fully saturated rings. The highest BCUT2D eigenvalue weighted by molar-refractivity contribution is 7.90. The predicted molar refractivity (Wildman–Crippen MR) is 244 cm³/mol. The molecule has 4 aromatic carbocycles. The van der Waals surface area contributed by atoms with Gasteiger partial charge in [-0.15, -0.1) is 0 Å². The first-order valence-corrected chi connectivity index (χ1v) is 23.9. The molecule has 4 aliphatic heterocycles. The number of fused-ring (bicyclic) bond motifs is 4. The molecule has 0 amide bonds. The number of aromatic nitrogens is 3. The van der Waals surface area contributed by atoms with E-state index in [4.69, 9.17) is 14.5 Å². The maximum atomic E-state index is 11.8. The first-order chi connectivity index (χ1) is 30.1. The highest BCUT2D eigenvalue weighted by Crippen LogP contribution is 2.41. The Morgan fingerprint density at radius 3 is 1.94 bits per heavy atom. The van der Waals surface area contributed by atoms with Crippen LogP contribution in [0.15, 0.2) is 114 Å². The number of sulfone groups is 1. The van der Waals surface area contributed by atoms with E-state index in [0.717, 1.165) is 117 Å². The summed E-state index contributed by atoms with van der Waals surface area (Å²) in [6, 6.07) is 34.2. The third-order valence-corrected chi connectivity index (χ3v) is 14.1. The van der Waals surface area contributed by atoms with Crippen molar-refractivity contribution in [1.82, 2.24) is 24.3 Å². The van der Waals surface area contributed by atoms with Gasteiger partial charge in [0.1, 0.15) is 18.0 Å². The zero-order valence-corrected chi connectivity index (χ0v) is 36.8. The standard InChI is InChI=1S/C25H29N3O3S.C25H29N3O2/c1-28-13-11-19(12-14-28)31-25-21-6-4-3-5-18(21)16-26-23-15-22(27-24(23)25)17-7-9-20(10-8-17)32(2,29)30;1-27-13-11-21(12-14-27)30-24-22-5-3-2-4-19(22)10-15-28-16-23(26-25(24)28)20-8-6-18(17-29)7-9-20/h3-10,15,19,25-27H,11-14,16H2,1-2H3;2-9,16,21,24,29H,10-15,17H2,1H3. The van der Waals surface area contributed by atoms with Gasteiger partial charge in [-0.3, -0.25) is 0 Å². The number of benzene rings is 4. The summed E-state index contributed by atoms with van der Waals surface area (Å²) in [7, 11) is 1.12. The molecular weight excluding hydrogens is 797 g/mol. The zero-order chi connectivity index (χ0) is 42.8. The molecule has 324 valence electrons. The maximum Gasteiger partial charge on any atom is 0.175 e. The number of ether oxygens (including phenoxy) is 2. The Morgan fingerprint density at radius 1 is 0.726 bits per heavy atom. The number of nitrogens with one attached hydrogen (secondary N) is 2. The van der Waals surface area contributed by atoms with Crippen LogP contribution in [0.4, 0.5) is 5.69 Å². The Balaban J connectivity index is 0.000000158. The van der Waals surface area contributed by atoms with E-state index in [1.54, 1.807) is 12.1 Å². The normalized spacial score (nSPS) is 19.7. The van der Waals surface area contributed by atoms with Gasteiger partial charge in [0, 0.05) is 63.0 Å². The van der Waals surface area contributed by atoms with Gasteiger partial charge >= 0.3 is 0 Å². The molecule has 0 bridgehead atoms.